The molecule has 1 aliphatic carbocycles. The Morgan fingerprint density at radius 1 is 0.978 bits per heavy atom. The van der Waals surface area contributed by atoms with Gasteiger partial charge in [-0.1, -0.05) is 40.9 Å². The van der Waals surface area contributed by atoms with Crippen molar-refractivity contribution in [1.29, 1.82) is 0 Å². The summed E-state index contributed by atoms with van der Waals surface area (Å²) in [6.45, 7) is 6.99. The average Bonchev–Trinajstić information content (AvgIpc) is 3.71. The van der Waals surface area contributed by atoms with Gasteiger partial charge in [-0.05, 0) is 81.8 Å². The van der Waals surface area contributed by atoms with Crippen molar-refractivity contribution in [2.24, 2.45) is 0 Å². The molecular weight excluding hydrogens is 649 g/mol. The van der Waals surface area contributed by atoms with Crippen molar-refractivity contribution in [3.63, 3.8) is 0 Å². The molecule has 2 aromatic heterocycles. The second kappa shape index (κ2) is 10.1. The molecule has 0 saturated heterocycles. The summed E-state index contributed by atoms with van der Waals surface area (Å²) in [6.07, 6.45) is 1.01. The monoisotopic (exact) mass is 677 g/mol. The highest BCUT2D eigenvalue weighted by Gasteiger charge is 2.59. The Balaban J connectivity index is 1.63. The number of aromatic amines is 1. The van der Waals surface area contributed by atoms with Crippen molar-refractivity contribution >= 4 is 61.9 Å². The van der Waals surface area contributed by atoms with Crippen LogP contribution in [0.4, 0.5) is 10.5 Å². The molecule has 0 saturated carbocycles. The van der Waals surface area contributed by atoms with E-state index in [0.717, 1.165) is 5.56 Å². The van der Waals surface area contributed by atoms with Crippen LogP contribution in [0.1, 0.15) is 53.6 Å². The molecule has 3 aromatic carbocycles. The summed E-state index contributed by atoms with van der Waals surface area (Å²) in [5, 5.41) is 1.41. The van der Waals surface area contributed by atoms with Gasteiger partial charge in [0.25, 0.3) is 10.0 Å². The molecule has 0 radical (unpaired) electrons. The zero-order valence-electron chi connectivity index (χ0n) is 25.6. The standard InChI is InChI=1S/C34H29Cl2N3O6S/c1-18-6-10-21(11-7-18)46(42,43)38-17-34(24-15-20(36)9-13-26(24)38)28-23(16-37-29(28)31(40)44-5)27-22-14-19(35)8-12-25(22)39(30(27)34)32(41)45-33(2,3)4/h6-16,37H,17H2,1-5H3/t34-/m0/s1. The Labute approximate surface area is 275 Å². The van der Waals surface area contributed by atoms with Gasteiger partial charge in [-0.25, -0.2) is 22.6 Å². The summed E-state index contributed by atoms with van der Waals surface area (Å²) < 4.78 is 42.9. The first-order chi connectivity index (χ1) is 21.7. The fourth-order valence-corrected chi connectivity index (χ4v) is 8.66. The first-order valence-electron chi connectivity index (χ1n) is 14.5. The normalized spacial score (nSPS) is 16.9. The van der Waals surface area contributed by atoms with Gasteiger partial charge in [0.2, 0.25) is 0 Å². The number of anilines is 1. The first kappa shape index (κ1) is 30.4. The minimum atomic E-state index is -4.15. The molecule has 3 heterocycles. The van der Waals surface area contributed by atoms with Crippen molar-refractivity contribution in [2.45, 2.75) is 43.6 Å². The SMILES string of the molecule is COC(=O)c1[nH]cc2c1[C@@]1(CN(S(=O)(=O)c3ccc(C)cc3)c3ccc(Cl)cc31)c1c-2c2cc(Cl)ccc2n1C(=O)OC(C)(C)C. The van der Waals surface area contributed by atoms with E-state index in [1.807, 2.05) is 6.92 Å². The maximum atomic E-state index is 14.5. The molecule has 236 valence electrons. The summed E-state index contributed by atoms with van der Waals surface area (Å²) >= 11 is 13.2. The van der Waals surface area contributed by atoms with E-state index in [4.69, 9.17) is 32.7 Å². The number of nitrogens with zero attached hydrogens (tertiary/aromatic N) is 2. The summed E-state index contributed by atoms with van der Waals surface area (Å²) in [5.41, 5.74) is 2.26. The number of halogens is 2. The van der Waals surface area contributed by atoms with Crippen LogP contribution >= 0.6 is 23.2 Å². The zero-order chi connectivity index (χ0) is 32.9. The fraction of sp³-hybridized carbons (Fsp3) is 0.235. The van der Waals surface area contributed by atoms with Gasteiger partial charge in [-0.3, -0.25) is 4.31 Å². The molecule has 0 amide bonds. The lowest BCUT2D eigenvalue weighted by atomic mass is 9.75. The predicted octanol–water partition coefficient (Wildman–Crippen LogP) is 7.68. The van der Waals surface area contributed by atoms with E-state index in [2.05, 4.69) is 4.98 Å². The van der Waals surface area contributed by atoms with Crippen LogP contribution in [-0.2, 0) is 24.9 Å². The fourth-order valence-electron chi connectivity index (χ4n) is 6.80. The summed E-state index contributed by atoms with van der Waals surface area (Å²) in [4.78, 5) is 30.8. The number of benzene rings is 3. The molecule has 0 fully saturated rings. The van der Waals surface area contributed by atoms with Crippen LogP contribution in [0.25, 0.3) is 22.0 Å². The van der Waals surface area contributed by atoms with Gasteiger partial charge in [0.05, 0.1) is 40.9 Å². The Hall–Kier alpha value is -4.25. The molecule has 1 spiro atoms. The van der Waals surface area contributed by atoms with E-state index in [1.54, 1.807) is 87.6 Å². The number of carbonyl (C=O) groups excluding carboxylic acids is 2. The van der Waals surface area contributed by atoms with Crippen molar-refractivity contribution in [2.75, 3.05) is 18.0 Å². The maximum absolute atomic E-state index is 14.5. The van der Waals surface area contributed by atoms with Crippen molar-refractivity contribution in [3.05, 3.63) is 105 Å². The van der Waals surface area contributed by atoms with Gasteiger partial charge < -0.3 is 14.5 Å². The third-order valence-electron chi connectivity index (χ3n) is 8.55. The largest absolute Gasteiger partial charge is 0.464 e. The molecule has 1 aliphatic heterocycles. The predicted molar refractivity (Wildman–Crippen MR) is 177 cm³/mol. The van der Waals surface area contributed by atoms with E-state index >= 15 is 0 Å². The number of hydrogen-bond donors (Lipinski definition) is 1. The molecule has 2 aliphatic rings. The van der Waals surface area contributed by atoms with E-state index in [1.165, 1.54) is 16.0 Å². The number of aryl methyl sites for hydroxylation is 1. The molecule has 7 rings (SSSR count). The Morgan fingerprint density at radius 2 is 1.65 bits per heavy atom. The molecule has 12 heteroatoms. The number of fused-ring (bicyclic) bond motifs is 9. The van der Waals surface area contributed by atoms with Crippen LogP contribution in [0, 0.1) is 6.92 Å². The van der Waals surface area contributed by atoms with Gasteiger partial charge in [0.15, 0.2) is 0 Å². The van der Waals surface area contributed by atoms with E-state index in [9.17, 15) is 18.0 Å². The van der Waals surface area contributed by atoms with Crippen molar-refractivity contribution in [1.82, 2.24) is 9.55 Å². The van der Waals surface area contributed by atoms with Crippen molar-refractivity contribution < 1.29 is 27.5 Å². The molecule has 5 aromatic rings. The Morgan fingerprint density at radius 3 is 2.33 bits per heavy atom. The second-order valence-electron chi connectivity index (χ2n) is 12.5. The number of hydrogen-bond acceptors (Lipinski definition) is 6. The number of aromatic nitrogens is 2. The van der Waals surface area contributed by atoms with Crippen LogP contribution in [-0.4, -0.2) is 49.3 Å². The molecule has 9 nitrogen and oxygen atoms in total. The number of ether oxygens (including phenoxy) is 2. The Bertz CT molecular complexity index is 2230. The first-order valence-corrected chi connectivity index (χ1v) is 16.7. The highest BCUT2D eigenvalue weighted by atomic mass is 35.5. The van der Waals surface area contributed by atoms with Crippen LogP contribution in [0.2, 0.25) is 10.0 Å². The summed E-state index contributed by atoms with van der Waals surface area (Å²) in [6, 6.07) is 16.7. The van der Waals surface area contributed by atoms with Crippen LogP contribution in [0.5, 0.6) is 0 Å². The molecule has 1 N–H and O–H groups in total. The second-order valence-corrected chi connectivity index (χ2v) is 15.3. The minimum absolute atomic E-state index is 0.0937. The van der Waals surface area contributed by atoms with Crippen LogP contribution < -0.4 is 4.31 Å². The van der Waals surface area contributed by atoms with Gasteiger partial charge in [0, 0.05) is 38.3 Å². The number of rotatable bonds is 3. The van der Waals surface area contributed by atoms with E-state index in [0.29, 0.717) is 54.6 Å². The average molecular weight is 679 g/mol. The third-order valence-corrected chi connectivity index (χ3v) is 10.8. The third kappa shape index (κ3) is 4.23. The summed E-state index contributed by atoms with van der Waals surface area (Å²) in [5.74, 6) is -0.652. The van der Waals surface area contributed by atoms with E-state index < -0.39 is 33.1 Å². The quantitative estimate of drug-likeness (QED) is 0.196. The number of nitrogens with one attached hydrogen (secondary N) is 1. The number of carbonyl (C=O) groups is 2. The van der Waals surface area contributed by atoms with Crippen LogP contribution in [0.15, 0.2) is 71.8 Å². The number of methoxy groups -OCH3 is 1. The minimum Gasteiger partial charge on any atom is -0.464 e. The topological polar surface area (TPSA) is 111 Å². The smallest absolute Gasteiger partial charge is 0.419 e. The lowest BCUT2D eigenvalue weighted by molar-refractivity contribution is 0.0537. The van der Waals surface area contributed by atoms with Gasteiger partial charge in [0.1, 0.15) is 11.3 Å². The highest BCUT2D eigenvalue weighted by Crippen LogP contribution is 2.62. The molecule has 1 atom stereocenters. The molecule has 0 bridgehead atoms. The van der Waals surface area contributed by atoms with Gasteiger partial charge in [-0.2, -0.15) is 0 Å². The molecular formula is C34H29Cl2N3O6S. The Kier molecular flexibility index (Phi) is 6.69. The van der Waals surface area contributed by atoms with Gasteiger partial charge in [-0.15, -0.1) is 0 Å². The zero-order valence-corrected chi connectivity index (χ0v) is 27.9. The van der Waals surface area contributed by atoms with Crippen LogP contribution in [0.3, 0.4) is 0 Å². The number of sulfonamides is 1. The van der Waals surface area contributed by atoms with Crippen molar-refractivity contribution in [3.8, 4) is 11.1 Å². The highest BCUT2D eigenvalue weighted by molar-refractivity contribution is 7.92. The summed E-state index contributed by atoms with van der Waals surface area (Å²) in [7, 11) is -2.88. The maximum Gasteiger partial charge on any atom is 0.419 e. The number of H-pyrrole nitrogens is 1. The lowest BCUT2D eigenvalue weighted by Gasteiger charge is -2.30. The molecule has 0 unspecified atom stereocenters. The van der Waals surface area contributed by atoms with E-state index in [-0.39, 0.29) is 17.1 Å². The molecule has 46 heavy (non-hydrogen) atoms. The number of esters is 1. The van der Waals surface area contributed by atoms with Gasteiger partial charge >= 0.3 is 12.1 Å². The lowest BCUT2D eigenvalue weighted by Crippen LogP contribution is -2.40.